The third-order valence-corrected chi connectivity index (χ3v) is 4.40. The van der Waals surface area contributed by atoms with Gasteiger partial charge in [0.2, 0.25) is 6.29 Å². The molecule has 26 heavy (non-hydrogen) atoms. The fourth-order valence-electron chi connectivity index (χ4n) is 2.97. The Morgan fingerprint density at radius 3 is 2.23 bits per heavy atom. The third-order valence-electron chi connectivity index (χ3n) is 4.40. The topological polar surface area (TPSA) is 109 Å². The van der Waals surface area contributed by atoms with Gasteiger partial charge in [-0.2, -0.15) is 0 Å². The zero-order valence-corrected chi connectivity index (χ0v) is 14.5. The van der Waals surface area contributed by atoms with E-state index < -0.39 is 37.3 Å². The van der Waals surface area contributed by atoms with Crippen molar-refractivity contribution < 1.29 is 34.6 Å². The monoisotopic (exact) mass is 364 g/mol. The Hall–Kier alpha value is -1.90. The van der Waals surface area contributed by atoms with Crippen LogP contribution in [0.3, 0.4) is 0 Å². The fraction of sp³-hybridized carbons (Fsp3) is 0.474. The number of hydrogen-bond donors (Lipinski definition) is 4. The highest BCUT2D eigenvalue weighted by Gasteiger charge is 2.44. The van der Waals surface area contributed by atoms with Crippen LogP contribution in [0.15, 0.2) is 36.4 Å². The average molecular weight is 364 g/mol. The summed E-state index contributed by atoms with van der Waals surface area (Å²) in [6.07, 6.45) is -5.71. The lowest BCUT2D eigenvalue weighted by molar-refractivity contribution is -0.277. The van der Waals surface area contributed by atoms with Crippen molar-refractivity contribution in [1.29, 1.82) is 0 Å². The molecule has 4 N–H and O–H groups in total. The predicted molar refractivity (Wildman–Crippen MR) is 94.1 cm³/mol. The molecule has 0 aliphatic carbocycles. The van der Waals surface area contributed by atoms with Gasteiger partial charge in [0.25, 0.3) is 0 Å². The summed E-state index contributed by atoms with van der Waals surface area (Å²) in [7, 11) is 0. The summed E-state index contributed by atoms with van der Waals surface area (Å²) < 4.78 is 17.0. The molecule has 3 rings (SSSR count). The summed E-state index contributed by atoms with van der Waals surface area (Å²) >= 11 is 0. The van der Waals surface area contributed by atoms with Gasteiger partial charge < -0.3 is 34.6 Å². The minimum atomic E-state index is -1.48. The Morgan fingerprint density at radius 1 is 0.923 bits per heavy atom. The second kappa shape index (κ2) is 8.20. The van der Waals surface area contributed by atoms with Gasteiger partial charge in [0, 0.05) is 10.8 Å². The molecule has 0 bridgehead atoms. The molecule has 1 saturated heterocycles. The van der Waals surface area contributed by atoms with Crippen LogP contribution < -0.4 is 9.47 Å². The molecule has 5 atom stereocenters. The Morgan fingerprint density at radius 2 is 1.58 bits per heavy atom. The van der Waals surface area contributed by atoms with Crippen LogP contribution in [0.5, 0.6) is 11.5 Å². The molecule has 1 fully saturated rings. The summed E-state index contributed by atoms with van der Waals surface area (Å²) in [4.78, 5) is 0. The van der Waals surface area contributed by atoms with Crippen molar-refractivity contribution in [2.75, 3.05) is 13.2 Å². The molecule has 0 radical (unpaired) electrons. The van der Waals surface area contributed by atoms with Crippen molar-refractivity contribution in [3.63, 3.8) is 0 Å². The van der Waals surface area contributed by atoms with Crippen LogP contribution in [0.4, 0.5) is 0 Å². The predicted octanol–water partition coefficient (Wildman–Crippen LogP) is 0.807. The Labute approximate surface area is 151 Å². The molecule has 0 spiro atoms. The van der Waals surface area contributed by atoms with Crippen LogP contribution in [0, 0.1) is 0 Å². The van der Waals surface area contributed by atoms with E-state index >= 15 is 0 Å². The van der Waals surface area contributed by atoms with Gasteiger partial charge in [-0.15, -0.1) is 0 Å². The van der Waals surface area contributed by atoms with Gasteiger partial charge in [0.05, 0.1) is 13.2 Å². The van der Waals surface area contributed by atoms with Gasteiger partial charge in [-0.05, 0) is 18.6 Å². The molecule has 0 aromatic heterocycles. The standard InChI is InChI=1S/C19H24O7/c1-2-9-24-13-7-8-14(12-6-4-3-5-11(12)13)25-19-18(23)17(22)16(21)15(10-20)26-19/h3-8,15-23H,2,9-10H2,1H3/t15-,16+,17+,18-,19-/m1/s1. The largest absolute Gasteiger partial charge is 0.493 e. The molecule has 1 heterocycles. The first-order valence-corrected chi connectivity index (χ1v) is 8.68. The zero-order valence-electron chi connectivity index (χ0n) is 14.5. The van der Waals surface area contributed by atoms with Crippen molar-refractivity contribution in [1.82, 2.24) is 0 Å². The van der Waals surface area contributed by atoms with Crippen molar-refractivity contribution in [3.8, 4) is 11.5 Å². The first kappa shape index (κ1) is 18.9. The van der Waals surface area contributed by atoms with Crippen LogP contribution >= 0.6 is 0 Å². The second-order valence-electron chi connectivity index (χ2n) is 6.27. The second-order valence-corrected chi connectivity index (χ2v) is 6.27. The number of ether oxygens (including phenoxy) is 3. The van der Waals surface area contributed by atoms with E-state index in [0.717, 1.165) is 22.9 Å². The fourth-order valence-corrected chi connectivity index (χ4v) is 2.97. The van der Waals surface area contributed by atoms with E-state index in [-0.39, 0.29) is 0 Å². The van der Waals surface area contributed by atoms with Crippen LogP contribution in [0.25, 0.3) is 10.8 Å². The molecule has 1 aliphatic rings. The maximum absolute atomic E-state index is 10.2. The van der Waals surface area contributed by atoms with Gasteiger partial charge in [-0.3, -0.25) is 0 Å². The van der Waals surface area contributed by atoms with Gasteiger partial charge in [0.15, 0.2) is 0 Å². The quantitative estimate of drug-likeness (QED) is 0.601. The third kappa shape index (κ3) is 3.62. The van der Waals surface area contributed by atoms with E-state index in [1.807, 2.05) is 31.2 Å². The minimum Gasteiger partial charge on any atom is -0.493 e. The van der Waals surface area contributed by atoms with Crippen molar-refractivity contribution >= 4 is 10.8 Å². The number of hydrogen-bond acceptors (Lipinski definition) is 7. The number of benzene rings is 2. The lowest BCUT2D eigenvalue weighted by Crippen LogP contribution is -2.60. The lowest BCUT2D eigenvalue weighted by atomic mass is 9.99. The summed E-state index contributed by atoms with van der Waals surface area (Å²) in [5.74, 6) is 1.16. The molecular formula is C19H24O7. The molecule has 0 saturated carbocycles. The lowest BCUT2D eigenvalue weighted by Gasteiger charge is -2.39. The van der Waals surface area contributed by atoms with Crippen LogP contribution in [0.2, 0.25) is 0 Å². The average Bonchev–Trinajstić information content (AvgIpc) is 2.67. The van der Waals surface area contributed by atoms with E-state index in [0.29, 0.717) is 12.4 Å². The molecule has 1 aliphatic heterocycles. The molecule has 2 aromatic rings. The molecule has 7 heteroatoms. The number of fused-ring (bicyclic) bond motifs is 1. The van der Waals surface area contributed by atoms with Crippen molar-refractivity contribution in [3.05, 3.63) is 36.4 Å². The van der Waals surface area contributed by atoms with Gasteiger partial charge in [-0.25, -0.2) is 0 Å². The number of aliphatic hydroxyl groups excluding tert-OH is 4. The first-order chi connectivity index (χ1) is 12.6. The van der Waals surface area contributed by atoms with E-state index in [2.05, 4.69) is 0 Å². The van der Waals surface area contributed by atoms with E-state index in [4.69, 9.17) is 14.2 Å². The summed E-state index contributed by atoms with van der Waals surface area (Å²) in [5.41, 5.74) is 0. The molecule has 0 amide bonds. The Balaban J connectivity index is 1.89. The zero-order chi connectivity index (χ0) is 18.7. The maximum atomic E-state index is 10.2. The highest BCUT2D eigenvalue weighted by Crippen LogP contribution is 2.35. The summed E-state index contributed by atoms with van der Waals surface area (Å²) in [6.45, 7) is 2.12. The molecular weight excluding hydrogens is 340 g/mol. The van der Waals surface area contributed by atoms with Gasteiger partial charge in [-0.1, -0.05) is 31.2 Å². The summed E-state index contributed by atoms with van der Waals surface area (Å²) in [6, 6.07) is 11.0. The SMILES string of the molecule is CCCOc1ccc(O[C@@H]2O[C@H](CO)[C@H](O)[C@H](O)[C@H]2O)c2ccccc12. The maximum Gasteiger partial charge on any atom is 0.229 e. The highest BCUT2D eigenvalue weighted by atomic mass is 16.7. The molecule has 0 unspecified atom stereocenters. The van der Waals surface area contributed by atoms with E-state index in [9.17, 15) is 20.4 Å². The minimum absolute atomic E-state index is 0.439. The molecule has 2 aromatic carbocycles. The normalized spacial score (nSPS) is 28.9. The van der Waals surface area contributed by atoms with Crippen LogP contribution in [-0.2, 0) is 4.74 Å². The van der Waals surface area contributed by atoms with E-state index in [1.54, 1.807) is 12.1 Å². The molecule has 7 nitrogen and oxygen atoms in total. The summed E-state index contributed by atoms with van der Waals surface area (Å²) in [5, 5.41) is 40.8. The Bertz CT molecular complexity index is 733. The Kier molecular flexibility index (Phi) is 5.95. The highest BCUT2D eigenvalue weighted by molar-refractivity contribution is 5.93. The van der Waals surface area contributed by atoms with Crippen LogP contribution in [-0.4, -0.2) is 64.3 Å². The van der Waals surface area contributed by atoms with Gasteiger partial charge >= 0.3 is 0 Å². The van der Waals surface area contributed by atoms with E-state index in [1.165, 1.54) is 0 Å². The number of rotatable bonds is 6. The van der Waals surface area contributed by atoms with Gasteiger partial charge in [0.1, 0.15) is 35.9 Å². The smallest absolute Gasteiger partial charge is 0.229 e. The molecule has 142 valence electrons. The first-order valence-electron chi connectivity index (χ1n) is 8.68. The van der Waals surface area contributed by atoms with Crippen molar-refractivity contribution in [2.45, 2.75) is 44.1 Å². The van der Waals surface area contributed by atoms with Crippen LogP contribution in [0.1, 0.15) is 13.3 Å². The van der Waals surface area contributed by atoms with Crippen molar-refractivity contribution in [2.24, 2.45) is 0 Å². The number of aliphatic hydroxyl groups is 4.